The monoisotopic (exact) mass is 339 g/mol. The quantitative estimate of drug-likeness (QED) is 0.703. The summed E-state index contributed by atoms with van der Waals surface area (Å²) >= 11 is 0. The van der Waals surface area contributed by atoms with E-state index in [1.165, 1.54) is 5.56 Å². The molecule has 2 aromatic rings. The minimum Gasteiger partial charge on any atom is -0.497 e. The number of carbonyl (C=O) groups is 2. The fraction of sp³-hybridized carbons (Fsp3) is 0.333. The van der Waals surface area contributed by atoms with Crippen molar-refractivity contribution in [2.24, 2.45) is 0 Å². The Kier molecular flexibility index (Phi) is 7.20. The lowest BCUT2D eigenvalue weighted by atomic mass is 9.98. The van der Waals surface area contributed by atoms with Crippen LogP contribution >= 0.6 is 0 Å². The van der Waals surface area contributed by atoms with Gasteiger partial charge in [0.15, 0.2) is 5.78 Å². The molecular weight excluding hydrogens is 314 g/mol. The van der Waals surface area contributed by atoms with E-state index >= 15 is 0 Å². The summed E-state index contributed by atoms with van der Waals surface area (Å²) in [5.41, 5.74) is 1.87. The van der Waals surface area contributed by atoms with Crippen molar-refractivity contribution < 1.29 is 14.3 Å². The molecule has 1 unspecified atom stereocenters. The molecule has 0 spiro atoms. The number of Topliss-reactive ketones (excluding diaryl/α,β-unsaturated/α-hetero) is 1. The molecule has 0 saturated heterocycles. The molecule has 4 heteroatoms. The van der Waals surface area contributed by atoms with Crippen molar-refractivity contribution in [1.82, 2.24) is 5.32 Å². The summed E-state index contributed by atoms with van der Waals surface area (Å²) in [6.07, 6.45) is 1.30. The molecule has 0 saturated carbocycles. The Morgan fingerprint density at radius 3 is 2.32 bits per heavy atom. The smallest absolute Gasteiger partial charge is 0.220 e. The molecule has 2 aromatic carbocycles. The van der Waals surface area contributed by atoms with Crippen molar-refractivity contribution in [1.29, 1.82) is 0 Å². The van der Waals surface area contributed by atoms with Crippen LogP contribution in [0.1, 0.15) is 48.0 Å². The Balaban J connectivity index is 1.68. The number of hydrogen-bond donors (Lipinski definition) is 1. The molecule has 1 N–H and O–H groups in total. The van der Waals surface area contributed by atoms with Gasteiger partial charge in [0.1, 0.15) is 5.75 Å². The minimum absolute atomic E-state index is 0.0320. The maximum absolute atomic E-state index is 12.1. The molecule has 0 heterocycles. The lowest BCUT2D eigenvalue weighted by Gasteiger charge is -2.12. The van der Waals surface area contributed by atoms with Crippen LogP contribution in [0.3, 0.4) is 0 Å². The summed E-state index contributed by atoms with van der Waals surface area (Å²) in [5, 5.41) is 2.90. The molecule has 4 nitrogen and oxygen atoms in total. The number of ether oxygens (including phenoxy) is 1. The van der Waals surface area contributed by atoms with Gasteiger partial charge in [-0.3, -0.25) is 9.59 Å². The first-order valence-electron chi connectivity index (χ1n) is 8.59. The van der Waals surface area contributed by atoms with Crippen molar-refractivity contribution in [3.05, 3.63) is 65.7 Å². The summed E-state index contributed by atoms with van der Waals surface area (Å²) in [6.45, 7) is 2.76. The van der Waals surface area contributed by atoms with Crippen molar-refractivity contribution in [2.75, 3.05) is 13.7 Å². The van der Waals surface area contributed by atoms with Gasteiger partial charge in [0.25, 0.3) is 0 Å². The number of hydrogen-bond acceptors (Lipinski definition) is 3. The van der Waals surface area contributed by atoms with Gasteiger partial charge in [-0.25, -0.2) is 0 Å². The normalized spacial score (nSPS) is 11.6. The lowest BCUT2D eigenvalue weighted by Crippen LogP contribution is -2.25. The maximum Gasteiger partial charge on any atom is 0.220 e. The van der Waals surface area contributed by atoms with E-state index in [0.717, 1.165) is 6.42 Å². The van der Waals surface area contributed by atoms with Gasteiger partial charge in [-0.1, -0.05) is 37.3 Å². The molecule has 0 aliphatic carbocycles. The van der Waals surface area contributed by atoms with Crippen molar-refractivity contribution in [3.8, 4) is 5.75 Å². The molecule has 0 aromatic heterocycles. The third kappa shape index (κ3) is 6.07. The molecule has 1 atom stereocenters. The Hall–Kier alpha value is -2.62. The van der Waals surface area contributed by atoms with E-state index < -0.39 is 0 Å². The van der Waals surface area contributed by atoms with E-state index in [4.69, 9.17) is 4.74 Å². The van der Waals surface area contributed by atoms with Crippen LogP contribution in [0.15, 0.2) is 54.6 Å². The number of rotatable bonds is 9. The van der Waals surface area contributed by atoms with E-state index in [-0.39, 0.29) is 24.5 Å². The van der Waals surface area contributed by atoms with Gasteiger partial charge in [-0.2, -0.15) is 0 Å². The summed E-state index contributed by atoms with van der Waals surface area (Å²) in [6, 6.07) is 17.2. The number of amides is 1. The third-order valence-corrected chi connectivity index (χ3v) is 4.26. The van der Waals surface area contributed by atoms with Crippen molar-refractivity contribution in [2.45, 2.75) is 32.1 Å². The van der Waals surface area contributed by atoms with Crippen LogP contribution in [-0.2, 0) is 4.79 Å². The molecular formula is C21H25NO3. The van der Waals surface area contributed by atoms with Crippen LogP contribution in [0.4, 0.5) is 0 Å². The highest BCUT2D eigenvalue weighted by atomic mass is 16.5. The number of nitrogens with one attached hydrogen (secondary N) is 1. The Bertz CT molecular complexity index is 680. The molecule has 0 fully saturated rings. The highest BCUT2D eigenvalue weighted by Gasteiger charge is 2.10. The second-order valence-corrected chi connectivity index (χ2v) is 6.10. The Morgan fingerprint density at radius 2 is 1.68 bits per heavy atom. The highest BCUT2D eigenvalue weighted by molar-refractivity contribution is 5.98. The average molecular weight is 339 g/mol. The molecule has 0 radical (unpaired) electrons. The summed E-state index contributed by atoms with van der Waals surface area (Å²) in [7, 11) is 1.58. The highest BCUT2D eigenvalue weighted by Crippen LogP contribution is 2.17. The van der Waals surface area contributed by atoms with Crippen LogP contribution in [0.25, 0.3) is 0 Å². The minimum atomic E-state index is -0.0814. The number of methoxy groups -OCH3 is 1. The Morgan fingerprint density at radius 1 is 1.00 bits per heavy atom. The zero-order valence-corrected chi connectivity index (χ0v) is 14.8. The summed E-state index contributed by atoms with van der Waals surface area (Å²) < 4.78 is 5.07. The molecule has 0 aliphatic rings. The van der Waals surface area contributed by atoms with Crippen molar-refractivity contribution in [3.63, 3.8) is 0 Å². The fourth-order valence-corrected chi connectivity index (χ4v) is 2.61. The molecule has 2 rings (SSSR count). The predicted molar refractivity (Wildman–Crippen MR) is 99.0 cm³/mol. The first-order chi connectivity index (χ1) is 12.1. The second-order valence-electron chi connectivity index (χ2n) is 6.10. The predicted octanol–water partition coefficient (Wildman–Crippen LogP) is 3.97. The maximum atomic E-state index is 12.1. The molecule has 0 aliphatic heterocycles. The standard InChI is InChI=1S/C21H25NO3/c1-16(17-6-4-3-5-7-17)14-15-22-21(24)13-12-20(23)18-8-10-19(25-2)11-9-18/h3-11,16H,12-15H2,1-2H3,(H,22,24). The number of benzene rings is 2. The van der Waals surface area contributed by atoms with Gasteiger partial charge < -0.3 is 10.1 Å². The third-order valence-electron chi connectivity index (χ3n) is 4.26. The lowest BCUT2D eigenvalue weighted by molar-refractivity contribution is -0.121. The fourth-order valence-electron chi connectivity index (χ4n) is 2.61. The topological polar surface area (TPSA) is 55.4 Å². The Labute approximate surface area is 149 Å². The SMILES string of the molecule is COc1ccc(C(=O)CCC(=O)NCCC(C)c2ccccc2)cc1. The second kappa shape index (κ2) is 9.62. The van der Waals surface area contributed by atoms with Crippen LogP contribution in [0, 0.1) is 0 Å². The van der Waals surface area contributed by atoms with Gasteiger partial charge >= 0.3 is 0 Å². The van der Waals surface area contributed by atoms with Crippen molar-refractivity contribution >= 4 is 11.7 Å². The zero-order chi connectivity index (χ0) is 18.1. The zero-order valence-electron chi connectivity index (χ0n) is 14.8. The van der Waals surface area contributed by atoms with Crippen LogP contribution in [0.2, 0.25) is 0 Å². The van der Waals surface area contributed by atoms with Gasteiger partial charge in [-0.15, -0.1) is 0 Å². The first kappa shape index (κ1) is 18.7. The van der Waals surface area contributed by atoms with Gasteiger partial charge in [0.2, 0.25) is 5.91 Å². The summed E-state index contributed by atoms with van der Waals surface area (Å²) in [5.74, 6) is 0.988. The van der Waals surface area contributed by atoms with Gasteiger partial charge in [0, 0.05) is 24.9 Å². The molecule has 0 bridgehead atoms. The van der Waals surface area contributed by atoms with Gasteiger partial charge in [-0.05, 0) is 42.2 Å². The van der Waals surface area contributed by atoms with Crippen LogP contribution in [0.5, 0.6) is 5.75 Å². The van der Waals surface area contributed by atoms with Crippen LogP contribution < -0.4 is 10.1 Å². The average Bonchev–Trinajstić information content (AvgIpc) is 2.66. The number of ketones is 1. The summed E-state index contributed by atoms with van der Waals surface area (Å²) in [4.78, 5) is 24.0. The van der Waals surface area contributed by atoms with E-state index in [9.17, 15) is 9.59 Å². The largest absolute Gasteiger partial charge is 0.497 e. The first-order valence-corrected chi connectivity index (χ1v) is 8.59. The van der Waals surface area contributed by atoms with E-state index in [1.807, 2.05) is 18.2 Å². The van der Waals surface area contributed by atoms with Crippen LogP contribution in [-0.4, -0.2) is 25.3 Å². The molecule has 1 amide bonds. The van der Waals surface area contributed by atoms with E-state index in [1.54, 1.807) is 31.4 Å². The van der Waals surface area contributed by atoms with E-state index in [0.29, 0.717) is 23.8 Å². The molecule has 132 valence electrons. The van der Waals surface area contributed by atoms with E-state index in [2.05, 4.69) is 24.4 Å². The van der Waals surface area contributed by atoms with Gasteiger partial charge in [0.05, 0.1) is 7.11 Å². The number of carbonyl (C=O) groups excluding carboxylic acids is 2. The molecule has 25 heavy (non-hydrogen) atoms.